The SMILES string of the molecule is CCNC(CC1CCS(=O)(=O)C1)c1ccccc1. The summed E-state index contributed by atoms with van der Waals surface area (Å²) in [6.07, 6.45) is 1.73. The van der Waals surface area contributed by atoms with E-state index in [1.54, 1.807) is 0 Å². The Labute approximate surface area is 110 Å². The number of sulfone groups is 1. The van der Waals surface area contributed by atoms with Gasteiger partial charge in [0.05, 0.1) is 11.5 Å². The molecule has 0 radical (unpaired) electrons. The molecular formula is C14H21NO2S. The van der Waals surface area contributed by atoms with Crippen molar-refractivity contribution < 1.29 is 8.42 Å². The average Bonchev–Trinajstić information content (AvgIpc) is 2.69. The summed E-state index contributed by atoms with van der Waals surface area (Å²) in [5, 5.41) is 3.46. The van der Waals surface area contributed by atoms with Crippen LogP contribution in [0.4, 0.5) is 0 Å². The molecule has 1 aliphatic heterocycles. The molecule has 0 amide bonds. The van der Waals surface area contributed by atoms with Gasteiger partial charge in [0, 0.05) is 6.04 Å². The fourth-order valence-corrected chi connectivity index (χ4v) is 4.54. The van der Waals surface area contributed by atoms with Crippen LogP contribution in [0.5, 0.6) is 0 Å². The summed E-state index contributed by atoms with van der Waals surface area (Å²) in [6, 6.07) is 10.6. The third-order valence-corrected chi connectivity index (χ3v) is 5.39. The van der Waals surface area contributed by atoms with Crippen molar-refractivity contribution in [3.63, 3.8) is 0 Å². The molecule has 1 heterocycles. The Kier molecular flexibility index (Phi) is 4.40. The first-order valence-corrected chi connectivity index (χ1v) is 8.41. The largest absolute Gasteiger partial charge is 0.310 e. The van der Waals surface area contributed by atoms with Gasteiger partial charge in [0.15, 0.2) is 9.84 Å². The Hall–Kier alpha value is -0.870. The average molecular weight is 267 g/mol. The topological polar surface area (TPSA) is 46.2 Å². The number of benzene rings is 1. The normalized spacial score (nSPS) is 23.9. The Morgan fingerprint density at radius 3 is 2.61 bits per heavy atom. The molecule has 18 heavy (non-hydrogen) atoms. The second kappa shape index (κ2) is 5.85. The Morgan fingerprint density at radius 1 is 1.33 bits per heavy atom. The molecule has 0 saturated carbocycles. The summed E-state index contributed by atoms with van der Waals surface area (Å²) in [4.78, 5) is 0. The van der Waals surface area contributed by atoms with Crippen LogP contribution in [0.15, 0.2) is 30.3 Å². The summed E-state index contributed by atoms with van der Waals surface area (Å²) in [5.74, 6) is 1.03. The van der Waals surface area contributed by atoms with Gasteiger partial charge >= 0.3 is 0 Å². The van der Waals surface area contributed by atoms with Gasteiger partial charge in [-0.2, -0.15) is 0 Å². The minimum Gasteiger partial charge on any atom is -0.310 e. The maximum absolute atomic E-state index is 11.5. The lowest BCUT2D eigenvalue weighted by molar-refractivity contribution is 0.422. The van der Waals surface area contributed by atoms with Crippen LogP contribution in [0.1, 0.15) is 31.4 Å². The van der Waals surface area contributed by atoms with E-state index in [4.69, 9.17) is 0 Å². The van der Waals surface area contributed by atoms with Crippen molar-refractivity contribution in [2.75, 3.05) is 18.1 Å². The van der Waals surface area contributed by atoms with Crippen LogP contribution in [0.3, 0.4) is 0 Å². The fraction of sp³-hybridized carbons (Fsp3) is 0.571. The van der Waals surface area contributed by atoms with Gasteiger partial charge in [0.25, 0.3) is 0 Å². The second-order valence-electron chi connectivity index (χ2n) is 5.03. The first kappa shape index (κ1) is 13.6. The van der Waals surface area contributed by atoms with E-state index < -0.39 is 9.84 Å². The summed E-state index contributed by atoms with van der Waals surface area (Å²) in [5.41, 5.74) is 1.25. The highest BCUT2D eigenvalue weighted by molar-refractivity contribution is 7.91. The molecule has 1 saturated heterocycles. The molecular weight excluding hydrogens is 246 g/mol. The molecule has 100 valence electrons. The van der Waals surface area contributed by atoms with E-state index >= 15 is 0 Å². The molecule has 3 nitrogen and oxygen atoms in total. The Balaban J connectivity index is 2.04. The second-order valence-corrected chi connectivity index (χ2v) is 7.25. The molecule has 2 rings (SSSR count). The van der Waals surface area contributed by atoms with Crippen molar-refractivity contribution in [3.05, 3.63) is 35.9 Å². The molecule has 0 spiro atoms. The Morgan fingerprint density at radius 2 is 2.06 bits per heavy atom. The molecule has 1 fully saturated rings. The molecule has 0 aromatic heterocycles. The quantitative estimate of drug-likeness (QED) is 0.889. The predicted octanol–water partition coefficient (Wildman–Crippen LogP) is 2.16. The fourth-order valence-electron chi connectivity index (χ4n) is 2.66. The van der Waals surface area contributed by atoms with Crippen molar-refractivity contribution in [2.45, 2.75) is 25.8 Å². The summed E-state index contributed by atoms with van der Waals surface area (Å²) < 4.78 is 23.0. The molecule has 4 heteroatoms. The highest BCUT2D eigenvalue weighted by Crippen LogP contribution is 2.28. The minimum absolute atomic E-state index is 0.273. The van der Waals surface area contributed by atoms with Gasteiger partial charge in [-0.15, -0.1) is 0 Å². The van der Waals surface area contributed by atoms with Crippen LogP contribution in [0.2, 0.25) is 0 Å². The molecule has 2 unspecified atom stereocenters. The van der Waals surface area contributed by atoms with E-state index in [9.17, 15) is 8.42 Å². The number of hydrogen-bond acceptors (Lipinski definition) is 3. The van der Waals surface area contributed by atoms with Gasteiger partial charge in [-0.25, -0.2) is 8.42 Å². The summed E-state index contributed by atoms with van der Waals surface area (Å²) >= 11 is 0. The van der Waals surface area contributed by atoms with Crippen molar-refractivity contribution >= 4 is 9.84 Å². The van der Waals surface area contributed by atoms with E-state index in [1.165, 1.54) is 5.56 Å². The van der Waals surface area contributed by atoms with Gasteiger partial charge in [-0.1, -0.05) is 37.3 Å². The summed E-state index contributed by atoms with van der Waals surface area (Å²) in [6.45, 7) is 2.99. The third kappa shape index (κ3) is 3.56. The first-order valence-electron chi connectivity index (χ1n) is 6.59. The van der Waals surface area contributed by atoms with Crippen molar-refractivity contribution in [3.8, 4) is 0 Å². The van der Waals surface area contributed by atoms with Crippen LogP contribution in [-0.2, 0) is 9.84 Å². The molecule has 1 N–H and O–H groups in total. The van der Waals surface area contributed by atoms with E-state index in [0.29, 0.717) is 17.4 Å². The van der Waals surface area contributed by atoms with Crippen molar-refractivity contribution in [1.82, 2.24) is 5.32 Å². The zero-order valence-corrected chi connectivity index (χ0v) is 11.6. The molecule has 1 aliphatic rings. The van der Waals surface area contributed by atoms with E-state index in [0.717, 1.165) is 19.4 Å². The molecule has 1 aromatic rings. The standard InChI is InChI=1S/C14H21NO2S/c1-2-15-14(13-6-4-3-5-7-13)10-12-8-9-18(16,17)11-12/h3-7,12,14-15H,2,8-11H2,1H3. The molecule has 1 aromatic carbocycles. The zero-order chi connectivity index (χ0) is 13.0. The van der Waals surface area contributed by atoms with E-state index in [1.807, 2.05) is 18.2 Å². The van der Waals surface area contributed by atoms with Gasteiger partial charge in [-0.3, -0.25) is 0 Å². The highest BCUT2D eigenvalue weighted by atomic mass is 32.2. The van der Waals surface area contributed by atoms with Gasteiger partial charge in [-0.05, 0) is 30.9 Å². The van der Waals surface area contributed by atoms with Crippen LogP contribution in [0.25, 0.3) is 0 Å². The molecule has 0 aliphatic carbocycles. The zero-order valence-electron chi connectivity index (χ0n) is 10.8. The third-order valence-electron chi connectivity index (χ3n) is 3.55. The molecule has 0 bridgehead atoms. The number of nitrogens with one attached hydrogen (secondary N) is 1. The van der Waals surface area contributed by atoms with Crippen molar-refractivity contribution in [2.24, 2.45) is 5.92 Å². The van der Waals surface area contributed by atoms with Crippen LogP contribution < -0.4 is 5.32 Å². The highest BCUT2D eigenvalue weighted by Gasteiger charge is 2.29. The lowest BCUT2D eigenvalue weighted by Crippen LogP contribution is -2.24. The van der Waals surface area contributed by atoms with Gasteiger partial charge in [0.1, 0.15) is 0 Å². The number of hydrogen-bond donors (Lipinski definition) is 1. The smallest absolute Gasteiger partial charge is 0.150 e. The van der Waals surface area contributed by atoms with Crippen LogP contribution in [-0.4, -0.2) is 26.5 Å². The van der Waals surface area contributed by atoms with Crippen LogP contribution >= 0.6 is 0 Å². The van der Waals surface area contributed by atoms with E-state index in [-0.39, 0.29) is 6.04 Å². The number of rotatable bonds is 5. The predicted molar refractivity (Wildman–Crippen MR) is 74.2 cm³/mol. The van der Waals surface area contributed by atoms with E-state index in [2.05, 4.69) is 24.4 Å². The van der Waals surface area contributed by atoms with Crippen molar-refractivity contribution in [1.29, 1.82) is 0 Å². The summed E-state index contributed by atoms with van der Waals surface area (Å²) in [7, 11) is -2.77. The monoisotopic (exact) mass is 267 g/mol. The first-order chi connectivity index (χ1) is 8.61. The molecule has 2 atom stereocenters. The van der Waals surface area contributed by atoms with Crippen LogP contribution in [0, 0.1) is 5.92 Å². The minimum atomic E-state index is -2.77. The lowest BCUT2D eigenvalue weighted by atomic mass is 9.94. The maximum Gasteiger partial charge on any atom is 0.150 e. The Bertz CT molecular complexity index is 470. The van der Waals surface area contributed by atoms with Gasteiger partial charge in [0.2, 0.25) is 0 Å². The lowest BCUT2D eigenvalue weighted by Gasteiger charge is -2.21. The maximum atomic E-state index is 11.5. The van der Waals surface area contributed by atoms with Gasteiger partial charge < -0.3 is 5.32 Å².